The first-order valence-electron chi connectivity index (χ1n) is 7.67. The summed E-state index contributed by atoms with van der Waals surface area (Å²) in [5.74, 6) is -1.98. The molecule has 0 N–H and O–H groups in total. The molecule has 0 aromatic carbocycles. The lowest BCUT2D eigenvalue weighted by Gasteiger charge is -2.11. The summed E-state index contributed by atoms with van der Waals surface area (Å²) in [6.45, 7) is 1.15. The average molecular weight is 442 g/mol. The number of aromatic nitrogens is 3. The Bertz CT molecular complexity index is 1120. The summed E-state index contributed by atoms with van der Waals surface area (Å²) in [5.41, 5.74) is -3.94. The summed E-state index contributed by atoms with van der Waals surface area (Å²) in [6.07, 6.45) is -9.40. The van der Waals surface area contributed by atoms with Gasteiger partial charge in [0.15, 0.2) is 21.0 Å². The number of carbonyl (C=O) groups excluding carboxylic acids is 1. The highest BCUT2D eigenvalue weighted by molar-refractivity contribution is 7.91. The van der Waals surface area contributed by atoms with E-state index >= 15 is 0 Å². The van der Waals surface area contributed by atoms with Crippen molar-refractivity contribution >= 4 is 15.7 Å². The van der Waals surface area contributed by atoms with Gasteiger partial charge in [0.2, 0.25) is 0 Å². The van der Waals surface area contributed by atoms with Crippen LogP contribution in [0.3, 0.4) is 0 Å². The van der Waals surface area contributed by atoms with Gasteiger partial charge in [0.1, 0.15) is 5.69 Å². The molecule has 0 atom stereocenters. The van der Waals surface area contributed by atoms with Crippen LogP contribution in [0.15, 0.2) is 34.3 Å². The van der Waals surface area contributed by atoms with Gasteiger partial charge in [0.25, 0.3) is 5.91 Å². The molecule has 0 saturated heterocycles. The fourth-order valence-electron chi connectivity index (χ4n) is 2.08. The maximum absolute atomic E-state index is 12.9. The van der Waals surface area contributed by atoms with Crippen LogP contribution >= 0.6 is 0 Å². The van der Waals surface area contributed by atoms with Gasteiger partial charge in [-0.3, -0.25) is 9.48 Å². The number of amides is 1. The van der Waals surface area contributed by atoms with Crippen molar-refractivity contribution in [1.82, 2.24) is 14.8 Å². The molecule has 2 aromatic rings. The van der Waals surface area contributed by atoms with E-state index in [-0.39, 0.29) is 12.3 Å². The molecule has 2 heterocycles. The van der Waals surface area contributed by atoms with Crippen LogP contribution in [0.2, 0.25) is 0 Å². The number of rotatable bonds is 3. The van der Waals surface area contributed by atoms with Gasteiger partial charge in [-0.05, 0) is 18.2 Å². The molecule has 1 amide bonds. The minimum atomic E-state index is -4.91. The van der Waals surface area contributed by atoms with Gasteiger partial charge in [-0.2, -0.15) is 36.4 Å². The van der Waals surface area contributed by atoms with E-state index in [4.69, 9.17) is 0 Å². The second kappa shape index (κ2) is 7.57. The second-order valence-corrected chi connectivity index (χ2v) is 7.83. The van der Waals surface area contributed by atoms with Crippen LogP contribution in [0.4, 0.5) is 26.3 Å². The highest BCUT2D eigenvalue weighted by Crippen LogP contribution is 2.31. The molecule has 0 aliphatic carbocycles. The molecule has 0 unspecified atom stereocenters. The number of carbonyl (C=O) groups is 1. The number of hydrogen-bond acceptors (Lipinski definition) is 5. The Morgan fingerprint density at radius 2 is 1.76 bits per heavy atom. The molecule has 2 aromatic heterocycles. The van der Waals surface area contributed by atoms with Crippen molar-refractivity contribution in [2.24, 2.45) is 12.0 Å². The van der Waals surface area contributed by atoms with Crippen LogP contribution in [0.1, 0.15) is 28.7 Å². The zero-order valence-electron chi connectivity index (χ0n) is 14.7. The van der Waals surface area contributed by atoms with Gasteiger partial charge >= 0.3 is 12.4 Å². The molecule has 29 heavy (non-hydrogen) atoms. The van der Waals surface area contributed by atoms with Crippen LogP contribution < -0.4 is 5.49 Å². The minimum Gasteiger partial charge on any atom is -0.265 e. The van der Waals surface area contributed by atoms with Crippen molar-refractivity contribution in [3.05, 3.63) is 46.8 Å². The van der Waals surface area contributed by atoms with E-state index in [0.29, 0.717) is 10.7 Å². The number of nitrogens with zero attached hydrogens (tertiary/aromatic N) is 4. The average Bonchev–Trinajstić information content (AvgIpc) is 2.61. The van der Waals surface area contributed by atoms with Crippen LogP contribution in [0.5, 0.6) is 0 Å². The lowest BCUT2D eigenvalue weighted by atomic mass is 10.2. The molecule has 0 bridgehead atoms. The number of halogens is 6. The van der Waals surface area contributed by atoms with Crippen LogP contribution in [0, 0.1) is 0 Å². The molecular weight excluding hydrogens is 430 g/mol. The maximum Gasteiger partial charge on any atom is 0.435 e. The molecule has 158 valence electrons. The Hall–Kier alpha value is -2.77. The summed E-state index contributed by atoms with van der Waals surface area (Å²) >= 11 is 0. The van der Waals surface area contributed by atoms with E-state index in [1.807, 2.05) is 0 Å². The standard InChI is InChI=1S/C15H12F6N4O3S/c1-3-29(27,28)9-6-8(14(16,17)18)7-22-12(9)13(26)23-11-5-4-10(15(19,20)21)24-25(11)2/h4-7H,3H2,1-2H3. The molecular formula is C15H12F6N4O3S. The second-order valence-electron chi connectivity index (χ2n) is 5.59. The zero-order chi connectivity index (χ0) is 22.2. The van der Waals surface area contributed by atoms with Gasteiger partial charge in [-0.25, -0.2) is 13.4 Å². The largest absolute Gasteiger partial charge is 0.435 e. The number of hydrogen-bond donors (Lipinski definition) is 0. The predicted molar refractivity (Wildman–Crippen MR) is 85.1 cm³/mol. The number of aryl methyl sites for hydroxylation is 1. The predicted octanol–water partition coefficient (Wildman–Crippen LogP) is 2.39. The third kappa shape index (κ3) is 4.99. The van der Waals surface area contributed by atoms with Crippen molar-refractivity contribution in [2.45, 2.75) is 24.2 Å². The van der Waals surface area contributed by atoms with Gasteiger partial charge < -0.3 is 0 Å². The molecule has 2 rings (SSSR count). The SMILES string of the molecule is CCS(=O)(=O)c1cc(C(F)(F)F)cnc1C(=O)N=c1ccc(C(F)(F)F)nn1C. The molecule has 0 aliphatic heterocycles. The maximum atomic E-state index is 12.9. The first-order valence-corrected chi connectivity index (χ1v) is 9.32. The van der Waals surface area contributed by atoms with E-state index < -0.39 is 61.2 Å². The highest BCUT2D eigenvalue weighted by Gasteiger charge is 2.35. The van der Waals surface area contributed by atoms with Gasteiger partial charge in [0, 0.05) is 13.2 Å². The molecule has 0 saturated carbocycles. The summed E-state index contributed by atoms with van der Waals surface area (Å²) in [7, 11) is -3.25. The molecule has 0 aliphatic rings. The Balaban J connectivity index is 2.63. The van der Waals surface area contributed by atoms with Crippen molar-refractivity contribution in [2.75, 3.05) is 5.75 Å². The fourth-order valence-corrected chi connectivity index (χ4v) is 3.13. The van der Waals surface area contributed by atoms with Crippen molar-refractivity contribution in [1.29, 1.82) is 0 Å². The summed E-state index contributed by atoms with van der Waals surface area (Å²) in [6, 6.07) is 1.60. The Labute approximate surface area is 159 Å². The third-order valence-corrected chi connectivity index (χ3v) is 5.33. The van der Waals surface area contributed by atoms with Crippen molar-refractivity contribution in [3.63, 3.8) is 0 Å². The molecule has 14 heteroatoms. The van der Waals surface area contributed by atoms with Crippen molar-refractivity contribution in [3.8, 4) is 0 Å². The molecule has 0 fully saturated rings. The van der Waals surface area contributed by atoms with E-state index in [1.54, 1.807) is 0 Å². The van der Waals surface area contributed by atoms with Crippen LogP contribution in [-0.2, 0) is 29.2 Å². The normalized spacial score (nSPS) is 13.6. The summed E-state index contributed by atoms with van der Waals surface area (Å²) in [4.78, 5) is 18.1. The topological polar surface area (TPSA) is 94.3 Å². The molecule has 0 radical (unpaired) electrons. The summed E-state index contributed by atoms with van der Waals surface area (Å²) in [5, 5.41) is 3.18. The first-order chi connectivity index (χ1) is 13.2. The zero-order valence-corrected chi connectivity index (χ0v) is 15.5. The van der Waals surface area contributed by atoms with E-state index in [1.165, 1.54) is 0 Å². The van der Waals surface area contributed by atoms with Gasteiger partial charge in [-0.1, -0.05) is 6.92 Å². The monoisotopic (exact) mass is 442 g/mol. The number of alkyl halides is 6. The Morgan fingerprint density at radius 1 is 1.14 bits per heavy atom. The number of pyridine rings is 1. The first kappa shape index (κ1) is 22.5. The molecule has 7 nitrogen and oxygen atoms in total. The van der Waals surface area contributed by atoms with E-state index in [2.05, 4.69) is 15.1 Å². The Kier molecular flexibility index (Phi) is 5.88. The van der Waals surface area contributed by atoms with Crippen LogP contribution in [0.25, 0.3) is 0 Å². The lowest BCUT2D eigenvalue weighted by molar-refractivity contribution is -0.142. The van der Waals surface area contributed by atoms with E-state index in [9.17, 15) is 39.6 Å². The van der Waals surface area contributed by atoms with Gasteiger partial charge in [0.05, 0.1) is 16.2 Å². The van der Waals surface area contributed by atoms with Crippen LogP contribution in [-0.4, -0.2) is 34.8 Å². The lowest BCUT2D eigenvalue weighted by Crippen LogP contribution is -2.26. The van der Waals surface area contributed by atoms with Gasteiger partial charge in [-0.15, -0.1) is 0 Å². The smallest absolute Gasteiger partial charge is 0.265 e. The Morgan fingerprint density at radius 3 is 2.24 bits per heavy atom. The van der Waals surface area contributed by atoms with E-state index in [0.717, 1.165) is 20.0 Å². The molecule has 0 spiro atoms. The minimum absolute atomic E-state index is 0.263. The fraction of sp³-hybridized carbons (Fsp3) is 0.333. The van der Waals surface area contributed by atoms with Crippen molar-refractivity contribution < 1.29 is 39.6 Å². The number of sulfone groups is 1. The highest BCUT2D eigenvalue weighted by atomic mass is 32.2. The third-order valence-electron chi connectivity index (χ3n) is 3.58. The quantitative estimate of drug-likeness (QED) is 0.681. The summed E-state index contributed by atoms with van der Waals surface area (Å²) < 4.78 is 101.